The molecule has 0 aliphatic carbocycles. The van der Waals surface area contributed by atoms with Crippen LogP contribution in [-0.4, -0.2) is 49.2 Å². The van der Waals surface area contributed by atoms with Gasteiger partial charge in [0.2, 0.25) is 10.0 Å². The second-order valence-electron chi connectivity index (χ2n) is 7.36. The van der Waals surface area contributed by atoms with E-state index >= 15 is 0 Å². The molecular formula is C21H22ClN3O7S. The summed E-state index contributed by atoms with van der Waals surface area (Å²) in [6, 6.07) is 9.24. The van der Waals surface area contributed by atoms with Crippen molar-refractivity contribution < 1.29 is 27.7 Å². The van der Waals surface area contributed by atoms with Crippen LogP contribution in [0.3, 0.4) is 0 Å². The molecule has 3 rings (SSSR count). The first-order valence-electron chi connectivity index (χ1n) is 10.2. The average Bonchev–Trinajstić information content (AvgIpc) is 3.08. The molecule has 1 saturated heterocycles. The van der Waals surface area contributed by atoms with Gasteiger partial charge in [0.05, 0.1) is 15.5 Å². The van der Waals surface area contributed by atoms with Crippen molar-refractivity contribution in [2.45, 2.75) is 30.6 Å². The zero-order valence-corrected chi connectivity index (χ0v) is 19.1. The second kappa shape index (κ2) is 10.7. The lowest BCUT2D eigenvalue weighted by Gasteiger charge is -2.21. The Labute approximate surface area is 195 Å². The van der Waals surface area contributed by atoms with E-state index in [2.05, 4.69) is 5.32 Å². The van der Waals surface area contributed by atoms with Crippen molar-refractivity contribution in [3.05, 3.63) is 63.2 Å². The van der Waals surface area contributed by atoms with Gasteiger partial charge in [-0.2, -0.15) is 4.31 Å². The summed E-state index contributed by atoms with van der Waals surface area (Å²) >= 11 is 6.13. The van der Waals surface area contributed by atoms with Gasteiger partial charge in [0, 0.05) is 19.2 Å². The number of nitro benzene ring substituents is 1. The molecule has 2 aromatic rings. The Morgan fingerprint density at radius 2 is 1.76 bits per heavy atom. The van der Waals surface area contributed by atoms with E-state index in [0.29, 0.717) is 13.1 Å². The number of hydrogen-bond acceptors (Lipinski definition) is 7. The molecule has 1 fully saturated rings. The van der Waals surface area contributed by atoms with Gasteiger partial charge in [0.25, 0.3) is 11.6 Å². The summed E-state index contributed by atoms with van der Waals surface area (Å²) in [4.78, 5) is 34.7. The molecule has 0 spiro atoms. The third kappa shape index (κ3) is 6.06. The Bertz CT molecular complexity index is 1160. The van der Waals surface area contributed by atoms with E-state index in [1.54, 1.807) is 0 Å². The first kappa shape index (κ1) is 24.6. The predicted molar refractivity (Wildman–Crippen MR) is 121 cm³/mol. The number of anilines is 1. The van der Waals surface area contributed by atoms with Crippen LogP contribution >= 0.6 is 11.6 Å². The molecule has 0 atom stereocenters. The number of nitrogens with zero attached hydrogens (tertiary/aromatic N) is 2. The molecule has 1 aliphatic rings. The van der Waals surface area contributed by atoms with E-state index in [9.17, 15) is 28.1 Å². The number of para-hydroxylation sites is 2. The lowest BCUT2D eigenvalue weighted by atomic mass is 10.2. The van der Waals surface area contributed by atoms with E-state index in [1.807, 2.05) is 0 Å². The quantitative estimate of drug-likeness (QED) is 0.352. The van der Waals surface area contributed by atoms with E-state index in [4.69, 9.17) is 16.3 Å². The van der Waals surface area contributed by atoms with Gasteiger partial charge >= 0.3 is 5.97 Å². The molecule has 0 saturated carbocycles. The number of esters is 1. The molecule has 0 aromatic heterocycles. The number of carbonyl (C=O) groups is 2. The number of nitrogens with one attached hydrogen (secondary N) is 1. The highest BCUT2D eigenvalue weighted by atomic mass is 35.5. The maximum Gasteiger partial charge on any atom is 0.338 e. The lowest BCUT2D eigenvalue weighted by molar-refractivity contribution is -0.383. The highest BCUT2D eigenvalue weighted by molar-refractivity contribution is 7.89. The standard InChI is InChI=1S/C21H22ClN3O7S/c22-16-10-9-15(13-19(16)33(30,31)24-11-5-1-2-6-12-24)21(27)32-14-20(26)23-17-7-3-4-8-18(17)25(28)29/h3-4,7-10,13H,1-2,5-6,11-12,14H2,(H,23,26). The van der Waals surface area contributed by atoms with Gasteiger partial charge in [-0.05, 0) is 37.1 Å². The van der Waals surface area contributed by atoms with Crippen molar-refractivity contribution in [3.63, 3.8) is 0 Å². The topological polar surface area (TPSA) is 136 Å². The number of rotatable bonds is 7. The van der Waals surface area contributed by atoms with Gasteiger partial charge < -0.3 is 10.1 Å². The Morgan fingerprint density at radius 3 is 2.42 bits per heavy atom. The Kier molecular flexibility index (Phi) is 8.01. The Morgan fingerprint density at radius 1 is 1.09 bits per heavy atom. The van der Waals surface area contributed by atoms with Gasteiger partial charge in [-0.3, -0.25) is 14.9 Å². The van der Waals surface area contributed by atoms with Crippen LogP contribution in [0.15, 0.2) is 47.4 Å². The molecule has 0 bridgehead atoms. The van der Waals surface area contributed by atoms with Crippen molar-refractivity contribution in [3.8, 4) is 0 Å². The fourth-order valence-electron chi connectivity index (χ4n) is 3.39. The van der Waals surface area contributed by atoms with Gasteiger partial charge in [-0.1, -0.05) is 36.6 Å². The fraction of sp³-hybridized carbons (Fsp3) is 0.333. The van der Waals surface area contributed by atoms with Crippen molar-refractivity contribution in [1.29, 1.82) is 0 Å². The summed E-state index contributed by atoms with van der Waals surface area (Å²) in [5, 5.41) is 13.3. The van der Waals surface area contributed by atoms with Gasteiger partial charge in [-0.15, -0.1) is 0 Å². The molecule has 176 valence electrons. The highest BCUT2D eigenvalue weighted by Gasteiger charge is 2.28. The van der Waals surface area contributed by atoms with Gasteiger partial charge in [-0.25, -0.2) is 13.2 Å². The maximum atomic E-state index is 13.1. The van der Waals surface area contributed by atoms with E-state index in [1.165, 1.54) is 40.7 Å². The molecule has 1 amide bonds. The number of ether oxygens (including phenoxy) is 1. The summed E-state index contributed by atoms with van der Waals surface area (Å²) in [5.41, 5.74) is -0.439. The van der Waals surface area contributed by atoms with Crippen LogP contribution in [0, 0.1) is 10.1 Å². The largest absolute Gasteiger partial charge is 0.452 e. The minimum absolute atomic E-state index is 0.0232. The highest BCUT2D eigenvalue weighted by Crippen LogP contribution is 2.28. The zero-order valence-electron chi connectivity index (χ0n) is 17.5. The van der Waals surface area contributed by atoms with Crippen LogP contribution in [0.4, 0.5) is 11.4 Å². The second-order valence-corrected chi connectivity index (χ2v) is 9.68. The number of halogens is 1. The fourth-order valence-corrected chi connectivity index (χ4v) is 5.41. The molecule has 2 aromatic carbocycles. The normalized spacial score (nSPS) is 14.8. The summed E-state index contributed by atoms with van der Waals surface area (Å²) in [6.07, 6.45) is 3.38. The van der Waals surface area contributed by atoms with Crippen molar-refractivity contribution in [2.75, 3.05) is 25.0 Å². The first-order chi connectivity index (χ1) is 15.7. The summed E-state index contributed by atoms with van der Waals surface area (Å²) in [5.74, 6) is -1.72. The number of hydrogen-bond donors (Lipinski definition) is 1. The van der Waals surface area contributed by atoms with Crippen LogP contribution in [0.5, 0.6) is 0 Å². The number of amides is 1. The molecule has 12 heteroatoms. The first-order valence-corrected chi connectivity index (χ1v) is 12.0. The average molecular weight is 496 g/mol. The van der Waals surface area contributed by atoms with Crippen molar-refractivity contribution >= 4 is 44.9 Å². The van der Waals surface area contributed by atoms with Gasteiger partial charge in [0.1, 0.15) is 10.6 Å². The van der Waals surface area contributed by atoms with Crippen LogP contribution in [0.1, 0.15) is 36.0 Å². The molecule has 0 unspecified atom stereocenters. The molecule has 10 nitrogen and oxygen atoms in total. The third-order valence-corrected chi connectivity index (χ3v) is 7.44. The number of sulfonamides is 1. The minimum atomic E-state index is -3.91. The molecule has 1 N–H and O–H groups in total. The summed E-state index contributed by atoms with van der Waals surface area (Å²) < 4.78 is 32.4. The predicted octanol–water partition coefficient (Wildman–Crippen LogP) is 3.61. The molecule has 33 heavy (non-hydrogen) atoms. The maximum absolute atomic E-state index is 13.1. The zero-order chi connectivity index (χ0) is 24.0. The van der Waals surface area contributed by atoms with Crippen LogP contribution in [0.2, 0.25) is 5.02 Å². The molecule has 1 aliphatic heterocycles. The van der Waals surface area contributed by atoms with E-state index < -0.39 is 33.4 Å². The number of carbonyl (C=O) groups excluding carboxylic acids is 2. The van der Waals surface area contributed by atoms with Crippen LogP contribution in [-0.2, 0) is 19.6 Å². The summed E-state index contributed by atoms with van der Waals surface area (Å²) in [7, 11) is -3.91. The smallest absolute Gasteiger partial charge is 0.338 e. The van der Waals surface area contributed by atoms with Crippen molar-refractivity contribution in [1.82, 2.24) is 4.31 Å². The number of benzene rings is 2. The number of nitro groups is 1. The van der Waals surface area contributed by atoms with Crippen LogP contribution < -0.4 is 5.32 Å². The van der Waals surface area contributed by atoms with E-state index in [0.717, 1.165) is 31.7 Å². The molecular weight excluding hydrogens is 474 g/mol. The SMILES string of the molecule is O=C(COC(=O)c1ccc(Cl)c(S(=O)(=O)N2CCCCCC2)c1)Nc1ccccc1[N+](=O)[O-]. The van der Waals surface area contributed by atoms with Crippen LogP contribution in [0.25, 0.3) is 0 Å². The molecule has 0 radical (unpaired) electrons. The van der Waals surface area contributed by atoms with Crippen molar-refractivity contribution in [2.24, 2.45) is 0 Å². The lowest BCUT2D eigenvalue weighted by Crippen LogP contribution is -2.32. The van der Waals surface area contributed by atoms with E-state index in [-0.39, 0.29) is 26.9 Å². The minimum Gasteiger partial charge on any atom is -0.452 e. The Hall–Kier alpha value is -3.02. The Balaban J connectivity index is 1.70. The van der Waals surface area contributed by atoms with Gasteiger partial charge in [0.15, 0.2) is 6.61 Å². The third-order valence-electron chi connectivity index (χ3n) is 5.06. The molecule has 1 heterocycles. The summed E-state index contributed by atoms with van der Waals surface area (Å²) in [6.45, 7) is 0.0278. The monoisotopic (exact) mass is 495 g/mol.